The van der Waals surface area contributed by atoms with Crippen molar-refractivity contribution in [2.24, 2.45) is 5.92 Å². The third-order valence-electron chi connectivity index (χ3n) is 1.40. The van der Waals surface area contributed by atoms with Gasteiger partial charge in [-0.3, -0.25) is 4.79 Å². The van der Waals surface area contributed by atoms with Gasteiger partial charge in [0.05, 0.1) is 0 Å². The van der Waals surface area contributed by atoms with Crippen LogP contribution in [-0.2, 0) is 9.59 Å². The van der Waals surface area contributed by atoms with Gasteiger partial charge in [0.25, 0.3) is 0 Å². The predicted molar refractivity (Wildman–Crippen MR) is 44.7 cm³/mol. The first-order chi connectivity index (χ1) is 5.43. The van der Waals surface area contributed by atoms with Gasteiger partial charge >= 0.3 is 11.9 Å². The van der Waals surface area contributed by atoms with Crippen molar-refractivity contribution in [3.63, 3.8) is 0 Å². The molecule has 0 fully saturated rings. The van der Waals surface area contributed by atoms with Crippen LogP contribution in [-0.4, -0.2) is 23.0 Å². The average molecular weight is 173 g/mol. The smallest absolute Gasteiger partial charge is 0.394 e. The van der Waals surface area contributed by atoms with E-state index in [1.165, 1.54) is 0 Å². The van der Waals surface area contributed by atoms with E-state index in [4.69, 9.17) is 5.11 Å². The van der Waals surface area contributed by atoms with E-state index < -0.39 is 11.9 Å². The number of hydrogen-bond donors (Lipinski definition) is 2. The molecule has 0 aliphatic carbocycles. The van der Waals surface area contributed by atoms with E-state index in [-0.39, 0.29) is 6.04 Å². The summed E-state index contributed by atoms with van der Waals surface area (Å²) < 4.78 is 0. The van der Waals surface area contributed by atoms with Gasteiger partial charge in [-0.1, -0.05) is 13.8 Å². The fraction of sp³-hybridized carbons (Fsp3) is 0.750. The Balaban J connectivity index is 3.76. The molecule has 12 heavy (non-hydrogen) atoms. The topological polar surface area (TPSA) is 66.4 Å². The van der Waals surface area contributed by atoms with Gasteiger partial charge in [0.1, 0.15) is 0 Å². The second kappa shape index (κ2) is 4.74. The zero-order valence-corrected chi connectivity index (χ0v) is 7.63. The first-order valence-corrected chi connectivity index (χ1v) is 3.97. The Bertz CT molecular complexity index is 177. The normalized spacial score (nSPS) is 12.7. The van der Waals surface area contributed by atoms with Crippen LogP contribution in [0.5, 0.6) is 0 Å². The van der Waals surface area contributed by atoms with Crippen LogP contribution in [0.15, 0.2) is 0 Å². The summed E-state index contributed by atoms with van der Waals surface area (Å²) in [6.45, 7) is 5.83. The molecule has 0 unspecified atom stereocenters. The van der Waals surface area contributed by atoms with E-state index in [1.54, 1.807) is 6.92 Å². The van der Waals surface area contributed by atoms with Crippen molar-refractivity contribution in [3.05, 3.63) is 0 Å². The Labute approximate surface area is 72.0 Å². The lowest BCUT2D eigenvalue weighted by molar-refractivity contribution is -0.150. The lowest BCUT2D eigenvalue weighted by Crippen LogP contribution is -2.38. The molecule has 0 rings (SSSR count). The highest BCUT2D eigenvalue weighted by Gasteiger charge is 2.14. The molecule has 0 radical (unpaired) electrons. The summed E-state index contributed by atoms with van der Waals surface area (Å²) in [6.07, 6.45) is 0.791. The zero-order chi connectivity index (χ0) is 9.72. The minimum absolute atomic E-state index is 0.0754. The van der Waals surface area contributed by atoms with E-state index in [0.717, 1.165) is 6.42 Å². The van der Waals surface area contributed by atoms with Gasteiger partial charge in [-0.15, -0.1) is 0 Å². The second-order valence-electron chi connectivity index (χ2n) is 3.31. The van der Waals surface area contributed by atoms with E-state index in [9.17, 15) is 9.59 Å². The van der Waals surface area contributed by atoms with E-state index in [2.05, 4.69) is 5.32 Å². The van der Waals surface area contributed by atoms with Gasteiger partial charge in [0.15, 0.2) is 0 Å². The maximum absolute atomic E-state index is 10.6. The van der Waals surface area contributed by atoms with Crippen LogP contribution < -0.4 is 5.32 Å². The second-order valence-corrected chi connectivity index (χ2v) is 3.31. The number of amides is 1. The van der Waals surface area contributed by atoms with Crippen LogP contribution in [0.1, 0.15) is 27.2 Å². The minimum atomic E-state index is -1.43. The molecule has 0 aromatic heterocycles. The molecule has 1 amide bonds. The number of nitrogens with one attached hydrogen (secondary N) is 1. The first kappa shape index (κ1) is 10.9. The monoisotopic (exact) mass is 173 g/mol. The highest BCUT2D eigenvalue weighted by molar-refractivity contribution is 6.31. The highest BCUT2D eigenvalue weighted by Crippen LogP contribution is 2.03. The van der Waals surface area contributed by atoms with Crippen LogP contribution in [0.3, 0.4) is 0 Å². The number of rotatable bonds is 3. The molecule has 4 nitrogen and oxygen atoms in total. The summed E-state index contributed by atoms with van der Waals surface area (Å²) in [7, 11) is 0. The van der Waals surface area contributed by atoms with Gasteiger partial charge in [-0.25, -0.2) is 4.79 Å². The van der Waals surface area contributed by atoms with Crippen LogP contribution in [0.25, 0.3) is 0 Å². The molecule has 0 aromatic rings. The quantitative estimate of drug-likeness (QED) is 0.615. The first-order valence-electron chi connectivity index (χ1n) is 3.97. The van der Waals surface area contributed by atoms with Gasteiger partial charge in [0.2, 0.25) is 0 Å². The van der Waals surface area contributed by atoms with Crippen molar-refractivity contribution in [3.8, 4) is 0 Å². The molecule has 4 heteroatoms. The number of aliphatic carboxylic acids is 1. The molecule has 0 aliphatic rings. The van der Waals surface area contributed by atoms with Gasteiger partial charge in [0, 0.05) is 6.04 Å². The largest absolute Gasteiger partial charge is 0.474 e. The van der Waals surface area contributed by atoms with Gasteiger partial charge in [-0.05, 0) is 19.3 Å². The van der Waals surface area contributed by atoms with Crippen molar-refractivity contribution < 1.29 is 14.7 Å². The van der Waals surface area contributed by atoms with E-state index in [1.807, 2.05) is 13.8 Å². The molecular formula is C8H15NO3. The lowest BCUT2D eigenvalue weighted by atomic mass is 10.1. The summed E-state index contributed by atoms with van der Waals surface area (Å²) in [5.74, 6) is -1.90. The Hall–Kier alpha value is -1.06. The molecule has 0 bridgehead atoms. The fourth-order valence-corrected chi connectivity index (χ4v) is 1.05. The lowest BCUT2D eigenvalue weighted by Gasteiger charge is -2.13. The predicted octanol–water partition coefficient (Wildman–Crippen LogP) is 0.622. The van der Waals surface area contributed by atoms with Gasteiger partial charge in [-0.2, -0.15) is 0 Å². The van der Waals surface area contributed by atoms with Crippen LogP contribution in [0, 0.1) is 5.92 Å². The molecule has 0 heterocycles. The van der Waals surface area contributed by atoms with Crippen LogP contribution in [0.2, 0.25) is 0 Å². The molecule has 0 aromatic carbocycles. The van der Waals surface area contributed by atoms with Crippen LogP contribution >= 0.6 is 0 Å². The van der Waals surface area contributed by atoms with Crippen LogP contribution in [0.4, 0.5) is 0 Å². The number of hydrogen-bond acceptors (Lipinski definition) is 2. The molecule has 0 spiro atoms. The molecule has 0 saturated heterocycles. The number of carbonyl (C=O) groups is 2. The van der Waals surface area contributed by atoms with E-state index >= 15 is 0 Å². The molecule has 0 aliphatic heterocycles. The maximum atomic E-state index is 10.6. The highest BCUT2D eigenvalue weighted by atomic mass is 16.4. The zero-order valence-electron chi connectivity index (χ0n) is 7.63. The average Bonchev–Trinajstić information content (AvgIpc) is 1.84. The Morgan fingerprint density at radius 3 is 2.17 bits per heavy atom. The molecule has 0 saturated carbocycles. The maximum Gasteiger partial charge on any atom is 0.394 e. The summed E-state index contributed by atoms with van der Waals surface area (Å²) in [5, 5.41) is 10.6. The number of carboxylic acid groups (broad SMARTS) is 1. The Kier molecular flexibility index (Phi) is 4.33. The Morgan fingerprint density at radius 1 is 1.33 bits per heavy atom. The van der Waals surface area contributed by atoms with Crippen molar-refractivity contribution in [2.75, 3.05) is 0 Å². The van der Waals surface area contributed by atoms with Crippen molar-refractivity contribution in [1.29, 1.82) is 0 Å². The SMILES string of the molecule is CC(C)C[C@H](C)NC(=O)C(=O)O. The summed E-state index contributed by atoms with van der Waals surface area (Å²) in [4.78, 5) is 20.7. The van der Waals surface area contributed by atoms with Crippen molar-refractivity contribution in [2.45, 2.75) is 33.2 Å². The third-order valence-corrected chi connectivity index (χ3v) is 1.40. The van der Waals surface area contributed by atoms with E-state index in [0.29, 0.717) is 5.92 Å². The fourth-order valence-electron chi connectivity index (χ4n) is 1.05. The Morgan fingerprint density at radius 2 is 1.83 bits per heavy atom. The summed E-state index contributed by atoms with van der Waals surface area (Å²) in [5.41, 5.74) is 0. The van der Waals surface area contributed by atoms with Crippen molar-refractivity contribution >= 4 is 11.9 Å². The summed E-state index contributed by atoms with van der Waals surface area (Å²) in [6, 6.07) is -0.0754. The summed E-state index contributed by atoms with van der Waals surface area (Å²) >= 11 is 0. The number of carboxylic acids is 1. The molecular weight excluding hydrogens is 158 g/mol. The molecule has 2 N–H and O–H groups in total. The standard InChI is InChI=1S/C8H15NO3/c1-5(2)4-6(3)9-7(10)8(11)12/h5-6H,4H2,1-3H3,(H,9,10)(H,11,12)/t6-/m0/s1. The third kappa shape index (κ3) is 4.71. The molecule has 1 atom stereocenters. The van der Waals surface area contributed by atoms with Gasteiger partial charge < -0.3 is 10.4 Å². The minimum Gasteiger partial charge on any atom is -0.474 e. The van der Waals surface area contributed by atoms with Crippen molar-refractivity contribution in [1.82, 2.24) is 5.32 Å². The molecule has 70 valence electrons. The number of carbonyl (C=O) groups excluding carboxylic acids is 1.